The number of aliphatic hydroxyl groups is 1. The molecule has 0 amide bonds. The zero-order chi connectivity index (χ0) is 11.3. The summed E-state index contributed by atoms with van der Waals surface area (Å²) in [7, 11) is 0. The summed E-state index contributed by atoms with van der Waals surface area (Å²) in [6, 6.07) is 0. The van der Waals surface area contributed by atoms with Crippen molar-refractivity contribution in [3.8, 4) is 0 Å². The number of hydrogen-bond donors (Lipinski definition) is 2. The molecule has 1 aliphatic rings. The first-order valence-corrected chi connectivity index (χ1v) is 4.97. The monoisotopic (exact) mass is 217 g/mol. The van der Waals surface area contributed by atoms with Crippen LogP contribution in [-0.4, -0.2) is 40.0 Å². The summed E-state index contributed by atoms with van der Waals surface area (Å²) in [5.41, 5.74) is 0. The molecule has 0 aliphatic carbocycles. The third-order valence-corrected chi connectivity index (χ3v) is 2.19. The van der Waals surface area contributed by atoms with Gasteiger partial charge in [-0.1, -0.05) is 0 Å². The normalized spacial score (nSPS) is 22.3. The van der Waals surface area contributed by atoms with Gasteiger partial charge in [0, 0.05) is 6.54 Å². The van der Waals surface area contributed by atoms with Gasteiger partial charge < -0.3 is 15.1 Å². The van der Waals surface area contributed by atoms with E-state index in [4.69, 9.17) is 9.94 Å². The molecular weight excluding hydrogens is 202 g/mol. The molecule has 0 radical (unpaired) electrons. The Morgan fingerprint density at radius 2 is 2.07 bits per heavy atom. The Morgan fingerprint density at radius 1 is 1.33 bits per heavy atom. The Labute approximate surface area is 87.4 Å². The van der Waals surface area contributed by atoms with Crippen molar-refractivity contribution in [3.05, 3.63) is 0 Å². The Hall–Kier alpha value is -1.14. The van der Waals surface area contributed by atoms with E-state index in [9.17, 15) is 14.7 Å². The number of piperidine rings is 1. The van der Waals surface area contributed by atoms with Crippen LogP contribution in [0, 0.1) is 0 Å². The molecule has 0 spiro atoms. The lowest BCUT2D eigenvalue weighted by atomic mass is 10.1. The number of carboxylic acids is 1. The van der Waals surface area contributed by atoms with Gasteiger partial charge in [0.25, 0.3) is 0 Å². The largest absolute Gasteiger partial charge is 0.481 e. The molecule has 1 atom stereocenters. The number of hydrogen-bond acceptors (Lipinski definition) is 5. The van der Waals surface area contributed by atoms with Gasteiger partial charge in [-0.05, 0) is 19.3 Å². The van der Waals surface area contributed by atoms with E-state index in [2.05, 4.69) is 0 Å². The minimum Gasteiger partial charge on any atom is -0.481 e. The molecule has 1 unspecified atom stereocenters. The maximum atomic E-state index is 11.1. The fourth-order valence-electron chi connectivity index (χ4n) is 1.38. The van der Waals surface area contributed by atoms with Crippen LogP contribution >= 0.6 is 0 Å². The van der Waals surface area contributed by atoms with Crippen molar-refractivity contribution in [2.45, 2.75) is 38.3 Å². The van der Waals surface area contributed by atoms with Crippen LogP contribution in [0.3, 0.4) is 0 Å². The standard InChI is InChI=1S/C9H15NO5/c11-7-3-1-2-6-10(7)15-9(14)5-4-8(12)13/h7,11H,1-6H2,(H,12,13). The molecule has 0 aromatic rings. The maximum Gasteiger partial charge on any atom is 0.325 e. The van der Waals surface area contributed by atoms with Crippen LogP contribution in [0.4, 0.5) is 0 Å². The molecule has 1 rings (SSSR count). The number of hydroxylamine groups is 2. The minimum atomic E-state index is -1.04. The zero-order valence-corrected chi connectivity index (χ0v) is 8.39. The summed E-state index contributed by atoms with van der Waals surface area (Å²) in [5.74, 6) is -1.65. The molecule has 6 heteroatoms. The number of aliphatic carboxylic acids is 1. The fourth-order valence-corrected chi connectivity index (χ4v) is 1.38. The van der Waals surface area contributed by atoms with E-state index < -0.39 is 18.2 Å². The third kappa shape index (κ3) is 4.26. The maximum absolute atomic E-state index is 11.1. The fraction of sp³-hybridized carbons (Fsp3) is 0.778. The number of rotatable bonds is 4. The van der Waals surface area contributed by atoms with Gasteiger partial charge in [0.05, 0.1) is 12.8 Å². The lowest BCUT2D eigenvalue weighted by Gasteiger charge is -2.29. The summed E-state index contributed by atoms with van der Waals surface area (Å²) in [5, 5.41) is 19.0. The van der Waals surface area contributed by atoms with Crippen molar-refractivity contribution < 1.29 is 24.6 Å². The molecule has 2 N–H and O–H groups in total. The van der Waals surface area contributed by atoms with Gasteiger partial charge in [-0.15, -0.1) is 5.06 Å². The van der Waals surface area contributed by atoms with Gasteiger partial charge in [-0.3, -0.25) is 9.59 Å². The molecule has 0 aromatic heterocycles. The van der Waals surface area contributed by atoms with Crippen LogP contribution in [0.1, 0.15) is 32.1 Å². The molecule has 1 fully saturated rings. The lowest BCUT2D eigenvalue weighted by molar-refractivity contribution is -0.242. The number of carbonyl (C=O) groups excluding carboxylic acids is 1. The molecule has 1 aliphatic heterocycles. The van der Waals surface area contributed by atoms with Gasteiger partial charge in [0.15, 0.2) is 0 Å². The molecular formula is C9H15NO5. The molecule has 6 nitrogen and oxygen atoms in total. The van der Waals surface area contributed by atoms with Crippen LogP contribution < -0.4 is 0 Å². The van der Waals surface area contributed by atoms with E-state index >= 15 is 0 Å². The van der Waals surface area contributed by atoms with E-state index in [1.165, 1.54) is 5.06 Å². The first kappa shape index (κ1) is 11.9. The molecule has 1 saturated heterocycles. The van der Waals surface area contributed by atoms with Gasteiger partial charge in [0.2, 0.25) is 0 Å². The number of carboxylic acid groups (broad SMARTS) is 1. The van der Waals surface area contributed by atoms with E-state index in [1.54, 1.807) is 0 Å². The zero-order valence-electron chi connectivity index (χ0n) is 8.39. The van der Waals surface area contributed by atoms with Gasteiger partial charge >= 0.3 is 11.9 Å². The topological polar surface area (TPSA) is 87.1 Å². The Kier molecular flexibility index (Phi) is 4.51. The van der Waals surface area contributed by atoms with E-state index in [1.807, 2.05) is 0 Å². The first-order valence-electron chi connectivity index (χ1n) is 4.97. The SMILES string of the molecule is O=C(O)CCC(=O)ON1CCCCC1O. The van der Waals surface area contributed by atoms with Crippen molar-refractivity contribution in [3.63, 3.8) is 0 Å². The van der Waals surface area contributed by atoms with Crippen molar-refractivity contribution in [1.29, 1.82) is 0 Å². The summed E-state index contributed by atoms with van der Waals surface area (Å²) in [6.45, 7) is 0.500. The summed E-state index contributed by atoms with van der Waals surface area (Å²) < 4.78 is 0. The van der Waals surface area contributed by atoms with E-state index in [0.29, 0.717) is 13.0 Å². The molecule has 0 aromatic carbocycles. The van der Waals surface area contributed by atoms with Gasteiger partial charge in [-0.25, -0.2) is 0 Å². The Morgan fingerprint density at radius 3 is 2.67 bits per heavy atom. The van der Waals surface area contributed by atoms with Crippen molar-refractivity contribution >= 4 is 11.9 Å². The predicted molar refractivity (Wildman–Crippen MR) is 49.5 cm³/mol. The Bertz CT molecular complexity index is 243. The average Bonchev–Trinajstić information content (AvgIpc) is 2.18. The van der Waals surface area contributed by atoms with E-state index in [-0.39, 0.29) is 12.8 Å². The second-order valence-electron chi connectivity index (χ2n) is 3.47. The van der Waals surface area contributed by atoms with Crippen LogP contribution in [-0.2, 0) is 14.4 Å². The Balaban J connectivity index is 2.26. The summed E-state index contributed by atoms with van der Waals surface area (Å²) in [4.78, 5) is 26.1. The molecule has 0 bridgehead atoms. The third-order valence-electron chi connectivity index (χ3n) is 2.19. The van der Waals surface area contributed by atoms with Gasteiger partial charge in [-0.2, -0.15) is 0 Å². The second kappa shape index (κ2) is 5.67. The van der Waals surface area contributed by atoms with Crippen LogP contribution in [0.15, 0.2) is 0 Å². The molecule has 15 heavy (non-hydrogen) atoms. The molecule has 1 heterocycles. The number of aliphatic hydroxyl groups excluding tert-OH is 1. The highest BCUT2D eigenvalue weighted by Gasteiger charge is 2.23. The van der Waals surface area contributed by atoms with Crippen LogP contribution in [0.25, 0.3) is 0 Å². The molecule has 0 saturated carbocycles. The highest BCUT2D eigenvalue weighted by Crippen LogP contribution is 2.15. The predicted octanol–water partition coefficient (Wildman–Crippen LogP) is 0.114. The van der Waals surface area contributed by atoms with Crippen molar-refractivity contribution in [1.82, 2.24) is 5.06 Å². The van der Waals surface area contributed by atoms with Crippen molar-refractivity contribution in [2.75, 3.05) is 6.54 Å². The quantitative estimate of drug-likeness (QED) is 0.695. The summed E-state index contributed by atoms with van der Waals surface area (Å²) >= 11 is 0. The second-order valence-corrected chi connectivity index (χ2v) is 3.47. The van der Waals surface area contributed by atoms with Crippen LogP contribution in [0.5, 0.6) is 0 Å². The molecule has 86 valence electrons. The minimum absolute atomic E-state index is 0.168. The highest BCUT2D eigenvalue weighted by molar-refractivity contribution is 5.76. The summed E-state index contributed by atoms with van der Waals surface area (Å²) in [6.07, 6.45) is 1.17. The number of carbonyl (C=O) groups is 2. The van der Waals surface area contributed by atoms with Crippen LogP contribution in [0.2, 0.25) is 0 Å². The van der Waals surface area contributed by atoms with E-state index in [0.717, 1.165) is 12.8 Å². The highest BCUT2D eigenvalue weighted by atomic mass is 16.7. The number of nitrogens with zero attached hydrogens (tertiary/aromatic N) is 1. The lowest BCUT2D eigenvalue weighted by Crippen LogP contribution is -2.40. The smallest absolute Gasteiger partial charge is 0.325 e. The first-order chi connectivity index (χ1) is 7.09. The average molecular weight is 217 g/mol. The van der Waals surface area contributed by atoms with Crippen molar-refractivity contribution in [2.24, 2.45) is 0 Å². The van der Waals surface area contributed by atoms with Gasteiger partial charge in [0.1, 0.15) is 6.23 Å².